The summed E-state index contributed by atoms with van der Waals surface area (Å²) in [7, 11) is 0. The van der Waals surface area contributed by atoms with Gasteiger partial charge in [-0.05, 0) is 24.6 Å². The highest BCUT2D eigenvalue weighted by Crippen LogP contribution is 2.30. The van der Waals surface area contributed by atoms with E-state index in [1.165, 1.54) is 11.3 Å². The average Bonchev–Trinajstić information content (AvgIpc) is 2.96. The van der Waals surface area contributed by atoms with Gasteiger partial charge in [0.1, 0.15) is 5.75 Å². The Balaban J connectivity index is 1.86. The summed E-state index contributed by atoms with van der Waals surface area (Å²) < 4.78 is 5.84. The van der Waals surface area contributed by atoms with Crippen molar-refractivity contribution in [3.63, 3.8) is 0 Å². The molecule has 2 aromatic rings. The van der Waals surface area contributed by atoms with E-state index in [2.05, 4.69) is 48.0 Å². The van der Waals surface area contributed by atoms with Crippen molar-refractivity contribution >= 4 is 0 Å². The SMILES string of the molecule is CCN1CCc2[nH]nc(-c3cccc(OCC(C)C)c3)c2C1. The fourth-order valence-corrected chi connectivity index (χ4v) is 2.86. The zero-order chi connectivity index (χ0) is 15.5. The van der Waals surface area contributed by atoms with Gasteiger partial charge in [-0.25, -0.2) is 0 Å². The van der Waals surface area contributed by atoms with E-state index in [4.69, 9.17) is 4.74 Å². The van der Waals surface area contributed by atoms with E-state index < -0.39 is 0 Å². The van der Waals surface area contributed by atoms with Gasteiger partial charge in [-0.1, -0.05) is 32.9 Å². The highest BCUT2D eigenvalue weighted by molar-refractivity contribution is 5.65. The Bertz CT molecular complexity index is 633. The van der Waals surface area contributed by atoms with E-state index in [0.29, 0.717) is 5.92 Å². The number of aromatic amines is 1. The van der Waals surface area contributed by atoms with E-state index in [9.17, 15) is 0 Å². The number of rotatable bonds is 5. The van der Waals surface area contributed by atoms with Gasteiger partial charge in [0.05, 0.1) is 12.3 Å². The molecule has 0 aliphatic carbocycles. The Morgan fingerprint density at radius 3 is 3.00 bits per heavy atom. The van der Waals surface area contributed by atoms with Gasteiger partial charge < -0.3 is 4.74 Å². The molecule has 1 aliphatic rings. The molecule has 0 bridgehead atoms. The maximum absolute atomic E-state index is 5.84. The Morgan fingerprint density at radius 1 is 1.36 bits per heavy atom. The minimum atomic E-state index is 0.528. The molecule has 22 heavy (non-hydrogen) atoms. The number of benzene rings is 1. The van der Waals surface area contributed by atoms with Crippen molar-refractivity contribution in [2.45, 2.75) is 33.7 Å². The molecule has 0 unspecified atom stereocenters. The third-order valence-corrected chi connectivity index (χ3v) is 4.15. The first-order chi connectivity index (χ1) is 10.7. The second-order valence-electron chi connectivity index (χ2n) is 6.38. The van der Waals surface area contributed by atoms with Crippen LogP contribution in [0.15, 0.2) is 24.3 Å². The van der Waals surface area contributed by atoms with Crippen molar-refractivity contribution in [2.24, 2.45) is 5.92 Å². The van der Waals surface area contributed by atoms with Gasteiger partial charge >= 0.3 is 0 Å². The molecule has 4 heteroatoms. The van der Waals surface area contributed by atoms with Gasteiger partial charge in [0.25, 0.3) is 0 Å². The number of ether oxygens (including phenoxy) is 1. The predicted molar refractivity (Wildman–Crippen MR) is 89.0 cm³/mol. The molecular weight excluding hydrogens is 274 g/mol. The smallest absolute Gasteiger partial charge is 0.119 e. The molecule has 0 atom stereocenters. The third-order valence-electron chi connectivity index (χ3n) is 4.15. The maximum Gasteiger partial charge on any atom is 0.119 e. The summed E-state index contributed by atoms with van der Waals surface area (Å²) in [6.45, 7) is 10.5. The molecule has 0 saturated carbocycles. The van der Waals surface area contributed by atoms with Crippen LogP contribution in [-0.4, -0.2) is 34.8 Å². The number of hydrogen-bond acceptors (Lipinski definition) is 3. The molecule has 0 amide bonds. The van der Waals surface area contributed by atoms with Gasteiger partial charge in [-0.2, -0.15) is 5.10 Å². The quantitative estimate of drug-likeness (QED) is 0.919. The van der Waals surface area contributed by atoms with E-state index in [0.717, 1.165) is 49.7 Å². The summed E-state index contributed by atoms with van der Waals surface area (Å²) in [6.07, 6.45) is 1.06. The third kappa shape index (κ3) is 3.17. The summed E-state index contributed by atoms with van der Waals surface area (Å²) in [5.41, 5.74) is 4.84. The first-order valence-corrected chi connectivity index (χ1v) is 8.19. The topological polar surface area (TPSA) is 41.2 Å². The second kappa shape index (κ2) is 6.53. The van der Waals surface area contributed by atoms with E-state index in [1.54, 1.807) is 0 Å². The Morgan fingerprint density at radius 2 is 2.23 bits per heavy atom. The number of nitrogens with one attached hydrogen (secondary N) is 1. The fourth-order valence-electron chi connectivity index (χ4n) is 2.86. The monoisotopic (exact) mass is 299 g/mol. The molecule has 0 spiro atoms. The minimum absolute atomic E-state index is 0.528. The number of H-pyrrole nitrogens is 1. The van der Waals surface area contributed by atoms with Crippen molar-refractivity contribution in [3.05, 3.63) is 35.5 Å². The van der Waals surface area contributed by atoms with Gasteiger partial charge in [0, 0.05) is 36.3 Å². The van der Waals surface area contributed by atoms with Crippen LogP contribution in [0.25, 0.3) is 11.3 Å². The molecule has 118 valence electrons. The lowest BCUT2D eigenvalue weighted by Crippen LogP contribution is -2.30. The molecule has 1 N–H and O–H groups in total. The summed E-state index contributed by atoms with van der Waals surface area (Å²) in [4.78, 5) is 2.46. The number of likely N-dealkylation sites (N-methyl/N-ethyl adjacent to an activating group) is 1. The van der Waals surface area contributed by atoms with Crippen LogP contribution in [0.2, 0.25) is 0 Å². The van der Waals surface area contributed by atoms with Crippen LogP contribution in [0, 0.1) is 5.92 Å². The molecule has 4 nitrogen and oxygen atoms in total. The zero-order valence-corrected chi connectivity index (χ0v) is 13.7. The van der Waals surface area contributed by atoms with Crippen molar-refractivity contribution in [1.29, 1.82) is 0 Å². The lowest BCUT2D eigenvalue weighted by atomic mass is 10.0. The number of aromatic nitrogens is 2. The highest BCUT2D eigenvalue weighted by atomic mass is 16.5. The first-order valence-electron chi connectivity index (χ1n) is 8.19. The van der Waals surface area contributed by atoms with E-state index in [-0.39, 0.29) is 0 Å². The van der Waals surface area contributed by atoms with Crippen LogP contribution < -0.4 is 4.74 Å². The molecule has 0 radical (unpaired) electrons. The summed E-state index contributed by atoms with van der Waals surface area (Å²) in [5, 5.41) is 7.79. The number of fused-ring (bicyclic) bond motifs is 1. The van der Waals surface area contributed by atoms with Crippen molar-refractivity contribution < 1.29 is 4.74 Å². The van der Waals surface area contributed by atoms with Crippen LogP contribution in [0.5, 0.6) is 5.75 Å². The summed E-state index contributed by atoms with van der Waals surface area (Å²) in [5.74, 6) is 1.45. The molecule has 1 aliphatic heterocycles. The Kier molecular flexibility index (Phi) is 4.48. The standard InChI is InChI=1S/C18H25N3O/c1-4-21-9-8-17-16(11-21)18(20-19-17)14-6-5-7-15(10-14)22-12-13(2)3/h5-7,10,13H,4,8-9,11-12H2,1-3H3,(H,19,20). The van der Waals surface area contributed by atoms with Crippen LogP contribution in [0.3, 0.4) is 0 Å². The molecule has 3 rings (SSSR count). The van der Waals surface area contributed by atoms with Crippen molar-refractivity contribution in [2.75, 3.05) is 19.7 Å². The molecule has 1 aromatic heterocycles. The van der Waals surface area contributed by atoms with Gasteiger partial charge in [0.15, 0.2) is 0 Å². The van der Waals surface area contributed by atoms with Crippen molar-refractivity contribution in [3.8, 4) is 17.0 Å². The Labute approximate surface area is 132 Å². The zero-order valence-electron chi connectivity index (χ0n) is 13.7. The summed E-state index contributed by atoms with van der Waals surface area (Å²) >= 11 is 0. The molecule has 1 aromatic carbocycles. The molecule has 2 heterocycles. The highest BCUT2D eigenvalue weighted by Gasteiger charge is 2.21. The fraction of sp³-hybridized carbons (Fsp3) is 0.500. The van der Waals surface area contributed by atoms with Gasteiger partial charge in [-0.3, -0.25) is 10.00 Å². The Hall–Kier alpha value is -1.81. The van der Waals surface area contributed by atoms with Crippen LogP contribution in [0.1, 0.15) is 32.0 Å². The number of hydrogen-bond donors (Lipinski definition) is 1. The van der Waals surface area contributed by atoms with E-state index >= 15 is 0 Å². The van der Waals surface area contributed by atoms with Crippen LogP contribution >= 0.6 is 0 Å². The van der Waals surface area contributed by atoms with E-state index in [1.807, 2.05) is 12.1 Å². The lowest BCUT2D eigenvalue weighted by molar-refractivity contribution is 0.267. The summed E-state index contributed by atoms with van der Waals surface area (Å²) in [6, 6.07) is 8.28. The molecule has 0 fully saturated rings. The predicted octanol–water partition coefficient (Wildman–Crippen LogP) is 3.49. The van der Waals surface area contributed by atoms with Crippen LogP contribution in [0.4, 0.5) is 0 Å². The number of nitrogens with zero attached hydrogens (tertiary/aromatic N) is 2. The lowest BCUT2D eigenvalue weighted by Gasteiger charge is -2.25. The largest absolute Gasteiger partial charge is 0.493 e. The molecular formula is C18H25N3O. The maximum atomic E-state index is 5.84. The first kappa shape index (κ1) is 15.1. The van der Waals surface area contributed by atoms with Gasteiger partial charge in [-0.15, -0.1) is 0 Å². The second-order valence-corrected chi connectivity index (χ2v) is 6.38. The average molecular weight is 299 g/mol. The minimum Gasteiger partial charge on any atom is -0.493 e. The normalized spacial score (nSPS) is 15.1. The van der Waals surface area contributed by atoms with Crippen LogP contribution in [-0.2, 0) is 13.0 Å². The molecule has 0 saturated heterocycles. The van der Waals surface area contributed by atoms with Crippen molar-refractivity contribution in [1.82, 2.24) is 15.1 Å². The van der Waals surface area contributed by atoms with Gasteiger partial charge in [0.2, 0.25) is 0 Å².